The molecule has 0 bridgehead atoms. The molecule has 0 unspecified atom stereocenters. The molecule has 4 nitrogen and oxygen atoms in total. The summed E-state index contributed by atoms with van der Waals surface area (Å²) in [5.74, 6) is -0.753. The molecular weight excluding hydrogens is 269 g/mol. The van der Waals surface area contributed by atoms with Crippen molar-refractivity contribution in [3.63, 3.8) is 0 Å². The van der Waals surface area contributed by atoms with Crippen LogP contribution in [0.3, 0.4) is 0 Å². The first-order valence-electron chi connectivity index (χ1n) is 6.27. The van der Waals surface area contributed by atoms with Crippen molar-refractivity contribution in [2.45, 2.75) is 37.2 Å². The maximum Gasteiger partial charge on any atom is 0.246 e. The highest BCUT2D eigenvalue weighted by molar-refractivity contribution is 7.89. The average Bonchev–Trinajstić information content (AvgIpc) is 2.29. The van der Waals surface area contributed by atoms with Gasteiger partial charge in [0.05, 0.1) is 5.60 Å². The Balaban J connectivity index is 2.24. The first kappa shape index (κ1) is 14.4. The molecule has 6 heteroatoms. The van der Waals surface area contributed by atoms with E-state index < -0.39 is 21.4 Å². The van der Waals surface area contributed by atoms with Crippen LogP contribution in [0.15, 0.2) is 23.1 Å². The molecule has 1 fully saturated rings. The minimum atomic E-state index is -3.85. The van der Waals surface area contributed by atoms with Gasteiger partial charge in [-0.05, 0) is 31.0 Å². The Morgan fingerprint density at radius 2 is 2.05 bits per heavy atom. The number of nitrogens with zero attached hydrogens (tertiary/aromatic N) is 1. The predicted molar refractivity (Wildman–Crippen MR) is 69.8 cm³/mol. The van der Waals surface area contributed by atoms with Crippen LogP contribution in [-0.2, 0) is 10.0 Å². The van der Waals surface area contributed by atoms with Crippen molar-refractivity contribution in [1.82, 2.24) is 4.31 Å². The summed E-state index contributed by atoms with van der Waals surface area (Å²) in [6.07, 6.45) is 1.33. The summed E-state index contributed by atoms with van der Waals surface area (Å²) >= 11 is 0. The third-order valence-corrected chi connectivity index (χ3v) is 5.17. The van der Waals surface area contributed by atoms with Gasteiger partial charge in [-0.2, -0.15) is 4.31 Å². The second kappa shape index (κ2) is 4.85. The molecule has 0 aromatic heterocycles. The van der Waals surface area contributed by atoms with Crippen molar-refractivity contribution in [2.24, 2.45) is 0 Å². The van der Waals surface area contributed by atoms with Crippen LogP contribution in [0.25, 0.3) is 0 Å². The fourth-order valence-corrected chi connectivity index (χ4v) is 4.10. The van der Waals surface area contributed by atoms with Gasteiger partial charge in [-0.1, -0.05) is 19.4 Å². The molecule has 1 N–H and O–H groups in total. The summed E-state index contributed by atoms with van der Waals surface area (Å²) < 4.78 is 39.3. The standard InChI is InChI=1S/C13H18FNO3S/c1-3-6-13(16)8-15(9-13)19(17,18)12-7-10(2)4-5-11(12)14/h4-5,7,16H,3,6,8-9H2,1-2H3. The third kappa shape index (κ3) is 2.66. The highest BCUT2D eigenvalue weighted by Crippen LogP contribution is 2.32. The summed E-state index contributed by atoms with van der Waals surface area (Å²) in [6, 6.07) is 4.00. The Hall–Kier alpha value is -0.980. The van der Waals surface area contributed by atoms with Gasteiger partial charge in [0.25, 0.3) is 0 Å². The number of aryl methyl sites for hydroxylation is 1. The summed E-state index contributed by atoms with van der Waals surface area (Å²) in [4.78, 5) is -0.314. The number of hydrogen-bond acceptors (Lipinski definition) is 3. The van der Waals surface area contributed by atoms with E-state index in [9.17, 15) is 17.9 Å². The van der Waals surface area contributed by atoms with E-state index in [1.54, 1.807) is 6.92 Å². The van der Waals surface area contributed by atoms with E-state index in [1.165, 1.54) is 12.1 Å². The first-order chi connectivity index (χ1) is 8.78. The molecule has 1 heterocycles. The van der Waals surface area contributed by atoms with E-state index in [1.807, 2.05) is 6.92 Å². The Kier molecular flexibility index (Phi) is 3.68. The van der Waals surface area contributed by atoms with Crippen molar-refractivity contribution >= 4 is 10.0 Å². The van der Waals surface area contributed by atoms with Crippen LogP contribution in [0.4, 0.5) is 4.39 Å². The molecule has 1 aliphatic heterocycles. The highest BCUT2D eigenvalue weighted by Gasteiger charge is 2.47. The Morgan fingerprint density at radius 1 is 1.42 bits per heavy atom. The maximum atomic E-state index is 13.7. The van der Waals surface area contributed by atoms with Gasteiger partial charge in [0, 0.05) is 13.1 Å². The summed E-state index contributed by atoms with van der Waals surface area (Å²) in [5, 5.41) is 10.0. The molecule has 1 saturated heterocycles. The van der Waals surface area contributed by atoms with Gasteiger partial charge in [0.15, 0.2) is 0 Å². The summed E-state index contributed by atoms with van der Waals surface area (Å²) in [5.41, 5.74) is -0.272. The monoisotopic (exact) mass is 287 g/mol. The van der Waals surface area contributed by atoms with Gasteiger partial charge in [-0.15, -0.1) is 0 Å². The van der Waals surface area contributed by atoms with Gasteiger partial charge in [-0.25, -0.2) is 12.8 Å². The van der Waals surface area contributed by atoms with Gasteiger partial charge in [0.2, 0.25) is 10.0 Å². The van der Waals surface area contributed by atoms with Gasteiger partial charge in [0.1, 0.15) is 10.7 Å². The molecule has 0 atom stereocenters. The predicted octanol–water partition coefficient (Wildman–Crippen LogP) is 1.67. The van der Waals surface area contributed by atoms with E-state index in [2.05, 4.69) is 0 Å². The fourth-order valence-electron chi connectivity index (χ4n) is 2.35. The second-order valence-electron chi connectivity index (χ2n) is 5.18. The van der Waals surface area contributed by atoms with E-state index in [0.717, 1.165) is 16.8 Å². The third-order valence-electron chi connectivity index (χ3n) is 3.36. The topological polar surface area (TPSA) is 57.6 Å². The minimum Gasteiger partial charge on any atom is -0.387 e. The quantitative estimate of drug-likeness (QED) is 0.916. The van der Waals surface area contributed by atoms with Crippen LogP contribution < -0.4 is 0 Å². The smallest absolute Gasteiger partial charge is 0.246 e. The average molecular weight is 287 g/mol. The van der Waals surface area contributed by atoms with Crippen molar-refractivity contribution in [3.8, 4) is 0 Å². The van der Waals surface area contributed by atoms with Crippen molar-refractivity contribution in [2.75, 3.05) is 13.1 Å². The van der Waals surface area contributed by atoms with Gasteiger partial charge < -0.3 is 5.11 Å². The van der Waals surface area contributed by atoms with Crippen LogP contribution in [0.5, 0.6) is 0 Å². The number of halogens is 1. The first-order valence-corrected chi connectivity index (χ1v) is 7.71. The minimum absolute atomic E-state index is 0.0382. The Morgan fingerprint density at radius 3 is 2.63 bits per heavy atom. The summed E-state index contributed by atoms with van der Waals surface area (Å²) in [6.45, 7) is 3.71. The number of aliphatic hydroxyl groups is 1. The van der Waals surface area contributed by atoms with Crippen molar-refractivity contribution in [1.29, 1.82) is 0 Å². The SMILES string of the molecule is CCCC1(O)CN(S(=O)(=O)c2cc(C)ccc2F)C1. The van der Waals surface area contributed by atoms with Crippen LogP contribution in [0.2, 0.25) is 0 Å². The number of β-amino-alcohol motifs (C(OH)–C–C–N with tert-alkyl or cyclic N) is 1. The van der Waals surface area contributed by atoms with Crippen molar-refractivity contribution in [3.05, 3.63) is 29.6 Å². The molecule has 19 heavy (non-hydrogen) atoms. The van der Waals surface area contributed by atoms with E-state index in [-0.39, 0.29) is 18.0 Å². The molecule has 1 aromatic carbocycles. The van der Waals surface area contributed by atoms with Crippen LogP contribution in [-0.4, -0.2) is 36.5 Å². The lowest BCUT2D eigenvalue weighted by atomic mass is 9.92. The zero-order valence-electron chi connectivity index (χ0n) is 11.1. The van der Waals surface area contributed by atoms with Crippen LogP contribution in [0.1, 0.15) is 25.3 Å². The zero-order valence-corrected chi connectivity index (χ0v) is 11.9. The number of rotatable bonds is 4. The molecule has 0 spiro atoms. The molecule has 0 amide bonds. The highest BCUT2D eigenvalue weighted by atomic mass is 32.2. The lowest BCUT2D eigenvalue weighted by Gasteiger charge is -2.45. The van der Waals surface area contributed by atoms with Crippen LogP contribution in [0, 0.1) is 12.7 Å². The normalized spacial score (nSPS) is 19.2. The molecule has 2 rings (SSSR count). The molecule has 106 valence electrons. The number of benzene rings is 1. The molecule has 1 aliphatic rings. The zero-order chi connectivity index (χ0) is 14.3. The van der Waals surface area contributed by atoms with E-state index in [0.29, 0.717) is 12.0 Å². The fraction of sp³-hybridized carbons (Fsp3) is 0.538. The van der Waals surface area contributed by atoms with Gasteiger partial charge >= 0.3 is 0 Å². The van der Waals surface area contributed by atoms with Gasteiger partial charge in [-0.3, -0.25) is 0 Å². The van der Waals surface area contributed by atoms with Crippen LogP contribution >= 0.6 is 0 Å². The molecular formula is C13H18FNO3S. The Labute approximate surface area is 112 Å². The number of hydrogen-bond donors (Lipinski definition) is 1. The lowest BCUT2D eigenvalue weighted by Crippen LogP contribution is -2.63. The molecule has 0 saturated carbocycles. The lowest BCUT2D eigenvalue weighted by molar-refractivity contribution is -0.0654. The second-order valence-corrected chi connectivity index (χ2v) is 7.09. The summed E-state index contributed by atoms with van der Waals surface area (Å²) in [7, 11) is -3.85. The molecule has 0 radical (unpaired) electrons. The van der Waals surface area contributed by atoms with E-state index in [4.69, 9.17) is 0 Å². The van der Waals surface area contributed by atoms with E-state index >= 15 is 0 Å². The number of sulfonamides is 1. The van der Waals surface area contributed by atoms with Crippen molar-refractivity contribution < 1.29 is 17.9 Å². The maximum absolute atomic E-state index is 13.7. The molecule has 0 aliphatic carbocycles. The Bertz CT molecular complexity index is 580. The molecule has 1 aromatic rings. The largest absolute Gasteiger partial charge is 0.387 e.